The molecule has 2 aliphatic rings. The molecule has 0 fully saturated rings. The fraction of sp³-hybridized carbons (Fsp3) is 0.455. The second-order valence-corrected chi connectivity index (χ2v) is 5.09. The number of hydrogen-bond donors (Lipinski definition) is 1. The van der Waals surface area contributed by atoms with Crippen molar-refractivity contribution in [2.45, 2.75) is 25.1 Å². The standard InChI is InChI=1S/C11H14N2OS/c1-7(2)10(14)13-11-12-8-5-3-4-6-9(8)15-11/h3-9H,1-2H3,(H,12,13,14). The van der Waals surface area contributed by atoms with Crippen molar-refractivity contribution in [3.8, 4) is 0 Å². The number of amides is 1. The molecule has 0 spiro atoms. The summed E-state index contributed by atoms with van der Waals surface area (Å²) in [4.78, 5) is 15.9. The third-order valence-corrected chi connectivity index (χ3v) is 3.46. The summed E-state index contributed by atoms with van der Waals surface area (Å²) in [7, 11) is 0. The Morgan fingerprint density at radius 1 is 1.47 bits per heavy atom. The van der Waals surface area contributed by atoms with Crippen molar-refractivity contribution < 1.29 is 4.79 Å². The summed E-state index contributed by atoms with van der Waals surface area (Å²) in [5.41, 5.74) is 0. The number of nitrogens with one attached hydrogen (secondary N) is 1. The van der Waals surface area contributed by atoms with Crippen LogP contribution < -0.4 is 5.32 Å². The number of allylic oxidation sites excluding steroid dienone is 2. The number of carbonyl (C=O) groups excluding carboxylic acids is 1. The van der Waals surface area contributed by atoms with Crippen LogP contribution in [-0.4, -0.2) is 22.4 Å². The molecule has 1 heterocycles. The largest absolute Gasteiger partial charge is 0.305 e. The van der Waals surface area contributed by atoms with E-state index < -0.39 is 0 Å². The van der Waals surface area contributed by atoms with E-state index in [0.29, 0.717) is 5.25 Å². The van der Waals surface area contributed by atoms with Crippen molar-refractivity contribution in [1.82, 2.24) is 5.32 Å². The predicted molar refractivity (Wildman–Crippen MR) is 63.9 cm³/mol. The highest BCUT2D eigenvalue weighted by Gasteiger charge is 2.28. The highest BCUT2D eigenvalue weighted by atomic mass is 32.2. The Bertz CT molecular complexity index is 358. The van der Waals surface area contributed by atoms with Crippen molar-refractivity contribution in [1.29, 1.82) is 0 Å². The molecule has 80 valence electrons. The smallest absolute Gasteiger partial charge is 0.228 e. The molecule has 0 aromatic rings. The molecule has 2 unspecified atom stereocenters. The van der Waals surface area contributed by atoms with Gasteiger partial charge in [-0.3, -0.25) is 9.79 Å². The first-order valence-corrected chi connectivity index (χ1v) is 5.95. The van der Waals surface area contributed by atoms with E-state index in [2.05, 4.69) is 22.5 Å². The van der Waals surface area contributed by atoms with Crippen LogP contribution in [0.25, 0.3) is 0 Å². The summed E-state index contributed by atoms with van der Waals surface area (Å²) in [5, 5.41) is 3.95. The lowest BCUT2D eigenvalue weighted by atomic mass is 10.1. The van der Waals surface area contributed by atoms with Gasteiger partial charge >= 0.3 is 0 Å². The summed E-state index contributed by atoms with van der Waals surface area (Å²) >= 11 is 1.62. The third-order valence-electron chi connectivity index (χ3n) is 2.33. The third kappa shape index (κ3) is 2.31. The highest BCUT2D eigenvalue weighted by Crippen LogP contribution is 2.29. The quantitative estimate of drug-likeness (QED) is 0.734. The van der Waals surface area contributed by atoms with Gasteiger partial charge in [0.2, 0.25) is 5.91 Å². The van der Waals surface area contributed by atoms with Gasteiger partial charge in [0.05, 0.1) is 11.3 Å². The molecular weight excluding hydrogens is 208 g/mol. The zero-order chi connectivity index (χ0) is 10.8. The maximum absolute atomic E-state index is 11.5. The number of hydrogen-bond acceptors (Lipinski definition) is 3. The molecular formula is C11H14N2OS. The summed E-state index contributed by atoms with van der Waals surface area (Å²) in [6, 6.07) is 0.197. The average molecular weight is 222 g/mol. The first kappa shape index (κ1) is 10.5. The number of rotatable bonds is 1. The van der Waals surface area contributed by atoms with Gasteiger partial charge in [-0.15, -0.1) is 0 Å². The Balaban J connectivity index is 1.99. The van der Waals surface area contributed by atoms with Crippen LogP contribution in [-0.2, 0) is 4.79 Å². The number of amidine groups is 1. The number of fused-ring (bicyclic) bond motifs is 1. The maximum atomic E-state index is 11.5. The number of nitrogens with zero attached hydrogens (tertiary/aromatic N) is 1. The lowest BCUT2D eigenvalue weighted by molar-refractivity contribution is -0.122. The summed E-state index contributed by atoms with van der Waals surface area (Å²) in [5.74, 6) is 0.0369. The highest BCUT2D eigenvalue weighted by molar-refractivity contribution is 8.14. The zero-order valence-electron chi connectivity index (χ0n) is 8.81. The lowest BCUT2D eigenvalue weighted by Gasteiger charge is -2.10. The second kappa shape index (κ2) is 4.23. The summed E-state index contributed by atoms with van der Waals surface area (Å²) < 4.78 is 0. The molecule has 1 amide bonds. The molecule has 0 bridgehead atoms. The first-order chi connectivity index (χ1) is 7.16. The van der Waals surface area contributed by atoms with E-state index in [-0.39, 0.29) is 17.9 Å². The zero-order valence-corrected chi connectivity index (χ0v) is 9.62. The topological polar surface area (TPSA) is 41.5 Å². The van der Waals surface area contributed by atoms with Crippen molar-refractivity contribution in [3.63, 3.8) is 0 Å². The first-order valence-electron chi connectivity index (χ1n) is 5.07. The maximum Gasteiger partial charge on any atom is 0.228 e. The van der Waals surface area contributed by atoms with Crippen LogP contribution in [0.5, 0.6) is 0 Å². The van der Waals surface area contributed by atoms with Crippen molar-refractivity contribution in [3.05, 3.63) is 24.3 Å². The Morgan fingerprint density at radius 2 is 2.20 bits per heavy atom. The van der Waals surface area contributed by atoms with Gasteiger partial charge in [-0.2, -0.15) is 0 Å². The fourth-order valence-electron chi connectivity index (χ4n) is 1.41. The summed E-state index contributed by atoms with van der Waals surface area (Å²) in [6.45, 7) is 3.75. The molecule has 2 rings (SSSR count). The fourth-order valence-corrected chi connectivity index (χ4v) is 2.47. The SMILES string of the molecule is CC(C)C(=O)NC1=NC2C=CC=CC2S1. The minimum absolute atomic E-state index is 0.00186. The van der Waals surface area contributed by atoms with Crippen molar-refractivity contribution in [2.75, 3.05) is 0 Å². The van der Waals surface area contributed by atoms with Gasteiger partial charge in [0.15, 0.2) is 5.17 Å². The van der Waals surface area contributed by atoms with Gasteiger partial charge in [0.25, 0.3) is 0 Å². The molecule has 15 heavy (non-hydrogen) atoms. The van der Waals surface area contributed by atoms with Crippen LogP contribution in [0, 0.1) is 5.92 Å². The molecule has 0 aromatic heterocycles. The monoisotopic (exact) mass is 222 g/mol. The van der Waals surface area contributed by atoms with Crippen LogP contribution >= 0.6 is 11.8 Å². The van der Waals surface area contributed by atoms with Crippen LogP contribution in [0.4, 0.5) is 0 Å². The van der Waals surface area contributed by atoms with E-state index in [9.17, 15) is 4.79 Å². The van der Waals surface area contributed by atoms with Crippen LogP contribution in [0.2, 0.25) is 0 Å². The number of carbonyl (C=O) groups is 1. The Morgan fingerprint density at radius 3 is 2.87 bits per heavy atom. The van der Waals surface area contributed by atoms with Crippen LogP contribution in [0.3, 0.4) is 0 Å². The lowest BCUT2D eigenvalue weighted by Crippen LogP contribution is -2.31. The average Bonchev–Trinajstić information content (AvgIpc) is 2.59. The van der Waals surface area contributed by atoms with Gasteiger partial charge in [0, 0.05) is 5.92 Å². The number of thioether (sulfide) groups is 1. The molecule has 1 aliphatic carbocycles. The van der Waals surface area contributed by atoms with E-state index >= 15 is 0 Å². The molecule has 0 radical (unpaired) electrons. The second-order valence-electron chi connectivity index (χ2n) is 3.92. The Kier molecular flexibility index (Phi) is 2.95. The van der Waals surface area contributed by atoms with Gasteiger partial charge < -0.3 is 5.32 Å². The Hall–Kier alpha value is -1.03. The predicted octanol–water partition coefficient (Wildman–Crippen LogP) is 1.72. The molecule has 0 saturated heterocycles. The van der Waals surface area contributed by atoms with E-state index in [1.54, 1.807) is 11.8 Å². The molecule has 3 nitrogen and oxygen atoms in total. The molecule has 0 aromatic carbocycles. The molecule has 0 saturated carbocycles. The normalized spacial score (nSPS) is 27.8. The van der Waals surface area contributed by atoms with Crippen molar-refractivity contribution in [2.24, 2.45) is 10.9 Å². The van der Waals surface area contributed by atoms with Crippen molar-refractivity contribution >= 4 is 22.8 Å². The molecule has 2 atom stereocenters. The van der Waals surface area contributed by atoms with E-state index in [4.69, 9.17) is 0 Å². The van der Waals surface area contributed by atoms with E-state index in [0.717, 1.165) is 5.17 Å². The van der Waals surface area contributed by atoms with Gasteiger partial charge in [-0.25, -0.2) is 0 Å². The summed E-state index contributed by atoms with van der Waals surface area (Å²) in [6.07, 6.45) is 8.20. The Labute approximate surface area is 93.7 Å². The van der Waals surface area contributed by atoms with Gasteiger partial charge in [-0.1, -0.05) is 49.9 Å². The van der Waals surface area contributed by atoms with Crippen LogP contribution in [0.1, 0.15) is 13.8 Å². The van der Waals surface area contributed by atoms with E-state index in [1.165, 1.54) is 0 Å². The van der Waals surface area contributed by atoms with E-state index in [1.807, 2.05) is 26.0 Å². The molecule has 4 heteroatoms. The van der Waals surface area contributed by atoms with Gasteiger partial charge in [-0.05, 0) is 0 Å². The number of aliphatic imine (C=N–C) groups is 1. The van der Waals surface area contributed by atoms with Crippen LogP contribution in [0.15, 0.2) is 29.3 Å². The van der Waals surface area contributed by atoms with Gasteiger partial charge in [0.1, 0.15) is 0 Å². The minimum Gasteiger partial charge on any atom is -0.305 e. The molecule has 1 aliphatic heterocycles. The molecule has 1 N–H and O–H groups in total. The minimum atomic E-state index is 0.00186.